The SMILES string of the molecule is C[C@@H](O)c1ccccc1Oc1ccc(F)cc1. The number of aliphatic hydroxyl groups excluding tert-OH is 1. The second-order valence-electron chi connectivity index (χ2n) is 3.77. The number of benzene rings is 2. The molecule has 0 radical (unpaired) electrons. The Hall–Kier alpha value is -1.87. The van der Waals surface area contributed by atoms with Crippen LogP contribution in [0.4, 0.5) is 4.39 Å². The molecule has 0 unspecified atom stereocenters. The average Bonchev–Trinajstić information content (AvgIpc) is 2.32. The molecule has 0 aliphatic rings. The van der Waals surface area contributed by atoms with Crippen molar-refractivity contribution in [2.45, 2.75) is 13.0 Å². The Morgan fingerprint density at radius 2 is 1.71 bits per heavy atom. The molecule has 3 heteroatoms. The molecule has 2 aromatic carbocycles. The van der Waals surface area contributed by atoms with E-state index in [1.54, 1.807) is 31.2 Å². The van der Waals surface area contributed by atoms with Crippen molar-refractivity contribution in [1.29, 1.82) is 0 Å². The van der Waals surface area contributed by atoms with Gasteiger partial charge in [0.2, 0.25) is 0 Å². The molecule has 2 rings (SSSR count). The third kappa shape index (κ3) is 2.82. The highest BCUT2D eigenvalue weighted by Crippen LogP contribution is 2.29. The fraction of sp³-hybridized carbons (Fsp3) is 0.143. The van der Waals surface area contributed by atoms with Crippen molar-refractivity contribution in [2.75, 3.05) is 0 Å². The van der Waals surface area contributed by atoms with Gasteiger partial charge in [0.25, 0.3) is 0 Å². The van der Waals surface area contributed by atoms with Crippen LogP contribution in [0, 0.1) is 5.82 Å². The predicted octanol–water partition coefficient (Wildman–Crippen LogP) is 3.67. The van der Waals surface area contributed by atoms with E-state index in [0.29, 0.717) is 17.1 Å². The van der Waals surface area contributed by atoms with E-state index in [1.165, 1.54) is 12.1 Å². The normalized spacial score (nSPS) is 12.2. The molecule has 1 N–H and O–H groups in total. The van der Waals surface area contributed by atoms with Crippen LogP contribution in [-0.4, -0.2) is 5.11 Å². The van der Waals surface area contributed by atoms with Gasteiger partial charge in [0.1, 0.15) is 17.3 Å². The molecule has 0 bridgehead atoms. The minimum absolute atomic E-state index is 0.304. The molecule has 0 aromatic heterocycles. The van der Waals surface area contributed by atoms with Crippen molar-refractivity contribution in [1.82, 2.24) is 0 Å². The van der Waals surface area contributed by atoms with E-state index in [0.717, 1.165) is 0 Å². The summed E-state index contributed by atoms with van der Waals surface area (Å²) in [6.45, 7) is 1.67. The Morgan fingerprint density at radius 1 is 1.06 bits per heavy atom. The largest absolute Gasteiger partial charge is 0.457 e. The number of rotatable bonds is 3. The first-order valence-corrected chi connectivity index (χ1v) is 5.37. The van der Waals surface area contributed by atoms with Crippen LogP contribution in [0.3, 0.4) is 0 Å². The lowest BCUT2D eigenvalue weighted by atomic mass is 10.1. The molecule has 0 amide bonds. The highest BCUT2D eigenvalue weighted by molar-refractivity contribution is 5.38. The van der Waals surface area contributed by atoms with Gasteiger partial charge >= 0.3 is 0 Å². The Labute approximate surface area is 99.3 Å². The minimum atomic E-state index is -0.605. The maximum atomic E-state index is 12.7. The lowest BCUT2D eigenvalue weighted by Gasteiger charge is -2.12. The van der Waals surface area contributed by atoms with Gasteiger partial charge in [-0.15, -0.1) is 0 Å². The van der Waals surface area contributed by atoms with E-state index in [9.17, 15) is 9.50 Å². The molecule has 0 saturated carbocycles. The third-order valence-corrected chi connectivity index (χ3v) is 2.41. The Balaban J connectivity index is 2.26. The molecule has 0 heterocycles. The first-order chi connectivity index (χ1) is 8.16. The van der Waals surface area contributed by atoms with Gasteiger partial charge in [0.05, 0.1) is 6.10 Å². The Bertz CT molecular complexity index is 492. The quantitative estimate of drug-likeness (QED) is 0.874. The Kier molecular flexibility index (Phi) is 3.40. The van der Waals surface area contributed by atoms with E-state index >= 15 is 0 Å². The summed E-state index contributed by atoms with van der Waals surface area (Å²) in [6.07, 6.45) is -0.605. The Morgan fingerprint density at radius 3 is 2.35 bits per heavy atom. The third-order valence-electron chi connectivity index (χ3n) is 2.41. The first-order valence-electron chi connectivity index (χ1n) is 5.37. The van der Waals surface area contributed by atoms with Gasteiger partial charge in [-0.1, -0.05) is 18.2 Å². The molecule has 17 heavy (non-hydrogen) atoms. The molecule has 0 spiro atoms. The predicted molar refractivity (Wildman–Crippen MR) is 63.5 cm³/mol. The van der Waals surface area contributed by atoms with Crippen LogP contribution in [0.15, 0.2) is 48.5 Å². The van der Waals surface area contributed by atoms with Gasteiger partial charge in [0.15, 0.2) is 0 Å². The number of aliphatic hydroxyl groups is 1. The van der Waals surface area contributed by atoms with Crippen molar-refractivity contribution < 1.29 is 14.2 Å². The molecular formula is C14H13FO2. The number of ether oxygens (including phenoxy) is 1. The molecule has 0 aliphatic carbocycles. The summed E-state index contributed by atoms with van der Waals surface area (Å²) >= 11 is 0. The van der Waals surface area contributed by atoms with Crippen LogP contribution in [0.2, 0.25) is 0 Å². The van der Waals surface area contributed by atoms with Crippen LogP contribution in [0.5, 0.6) is 11.5 Å². The maximum Gasteiger partial charge on any atom is 0.133 e. The van der Waals surface area contributed by atoms with Gasteiger partial charge in [-0.3, -0.25) is 0 Å². The van der Waals surface area contributed by atoms with Gasteiger partial charge in [-0.25, -0.2) is 4.39 Å². The second kappa shape index (κ2) is 4.97. The number of hydrogen-bond acceptors (Lipinski definition) is 2. The van der Waals surface area contributed by atoms with Crippen LogP contribution >= 0.6 is 0 Å². The monoisotopic (exact) mass is 232 g/mol. The summed E-state index contributed by atoms with van der Waals surface area (Å²) in [5.41, 5.74) is 0.705. The number of hydrogen-bond donors (Lipinski definition) is 1. The fourth-order valence-electron chi connectivity index (χ4n) is 1.55. The summed E-state index contributed by atoms with van der Waals surface area (Å²) < 4.78 is 18.3. The van der Waals surface area contributed by atoms with Crippen molar-refractivity contribution in [2.24, 2.45) is 0 Å². The van der Waals surface area contributed by atoms with Gasteiger partial charge < -0.3 is 9.84 Å². The molecule has 0 saturated heterocycles. The molecule has 88 valence electrons. The van der Waals surface area contributed by atoms with Crippen molar-refractivity contribution in [3.05, 3.63) is 59.9 Å². The molecule has 2 nitrogen and oxygen atoms in total. The second-order valence-corrected chi connectivity index (χ2v) is 3.77. The topological polar surface area (TPSA) is 29.5 Å². The first kappa shape index (κ1) is 11.6. The smallest absolute Gasteiger partial charge is 0.133 e. The maximum absolute atomic E-state index is 12.7. The van der Waals surface area contributed by atoms with Crippen molar-refractivity contribution >= 4 is 0 Å². The zero-order chi connectivity index (χ0) is 12.3. The van der Waals surface area contributed by atoms with E-state index in [-0.39, 0.29) is 5.82 Å². The lowest BCUT2D eigenvalue weighted by Crippen LogP contribution is -1.95. The van der Waals surface area contributed by atoms with Crippen LogP contribution in [-0.2, 0) is 0 Å². The number of para-hydroxylation sites is 1. The van der Waals surface area contributed by atoms with Crippen LogP contribution < -0.4 is 4.74 Å². The highest BCUT2D eigenvalue weighted by Gasteiger charge is 2.08. The van der Waals surface area contributed by atoms with Crippen LogP contribution in [0.25, 0.3) is 0 Å². The zero-order valence-corrected chi connectivity index (χ0v) is 9.43. The summed E-state index contributed by atoms with van der Waals surface area (Å²) in [6, 6.07) is 13.0. The van der Waals surface area contributed by atoms with E-state index in [4.69, 9.17) is 4.74 Å². The summed E-state index contributed by atoms with van der Waals surface area (Å²) in [4.78, 5) is 0. The molecule has 0 aliphatic heterocycles. The van der Waals surface area contributed by atoms with E-state index < -0.39 is 6.10 Å². The minimum Gasteiger partial charge on any atom is -0.457 e. The van der Waals surface area contributed by atoms with Crippen molar-refractivity contribution in [3.8, 4) is 11.5 Å². The zero-order valence-electron chi connectivity index (χ0n) is 9.43. The van der Waals surface area contributed by atoms with Crippen molar-refractivity contribution in [3.63, 3.8) is 0 Å². The van der Waals surface area contributed by atoms with E-state index in [1.807, 2.05) is 12.1 Å². The lowest BCUT2D eigenvalue weighted by molar-refractivity contribution is 0.195. The summed E-state index contributed by atoms with van der Waals surface area (Å²) in [5.74, 6) is 0.815. The van der Waals surface area contributed by atoms with Gasteiger partial charge in [-0.05, 0) is 37.3 Å². The van der Waals surface area contributed by atoms with E-state index in [2.05, 4.69) is 0 Å². The van der Waals surface area contributed by atoms with Crippen LogP contribution in [0.1, 0.15) is 18.6 Å². The van der Waals surface area contributed by atoms with Gasteiger partial charge in [-0.2, -0.15) is 0 Å². The standard InChI is InChI=1S/C14H13FO2/c1-10(16)13-4-2-3-5-14(13)17-12-8-6-11(15)7-9-12/h2-10,16H,1H3/t10-/m1/s1. The molecular weight excluding hydrogens is 219 g/mol. The summed E-state index contributed by atoms with van der Waals surface area (Å²) in [7, 11) is 0. The molecule has 0 fully saturated rings. The number of halogens is 1. The average molecular weight is 232 g/mol. The molecule has 1 atom stereocenters. The highest BCUT2D eigenvalue weighted by atomic mass is 19.1. The fourth-order valence-corrected chi connectivity index (χ4v) is 1.55. The summed E-state index contributed by atoms with van der Waals surface area (Å²) in [5, 5.41) is 9.59. The van der Waals surface area contributed by atoms with Gasteiger partial charge in [0, 0.05) is 5.56 Å². The molecule has 2 aromatic rings.